The normalized spacial score (nSPS) is 11.0. The number of rotatable bonds is 8. The minimum absolute atomic E-state index is 0.383. The number of likely N-dealkylation sites (N-methyl/N-ethyl adjacent to an activating group) is 1. The molecule has 0 atom stereocenters. The van der Waals surface area contributed by atoms with E-state index in [4.69, 9.17) is 12.2 Å². The van der Waals surface area contributed by atoms with Gasteiger partial charge in [0.1, 0.15) is 0 Å². The molecule has 3 nitrogen and oxygen atoms in total. The lowest BCUT2D eigenvalue weighted by Crippen LogP contribution is -2.45. The molecule has 1 rings (SSSR count). The predicted octanol–water partition coefficient (Wildman–Crippen LogP) is 2.77. The lowest BCUT2D eigenvalue weighted by Gasteiger charge is -2.28. The third kappa shape index (κ3) is 8.02. The zero-order valence-corrected chi connectivity index (χ0v) is 14.6. The van der Waals surface area contributed by atoms with Gasteiger partial charge in [-0.05, 0) is 58.6 Å². The minimum Gasteiger partial charge on any atom is -0.360 e. The number of thiocarbonyl (C=S) groups is 1. The molecule has 0 aliphatic rings. The standard InChI is InChI=1S/C17H29N3S/c1-15(2)18-17(21)20(14-13-19(3)4)12-8-11-16-9-6-5-7-10-16/h5-7,9-10,15H,8,11-14H2,1-4H3,(H,18,21). The molecule has 0 saturated heterocycles. The fraction of sp³-hybridized carbons (Fsp3) is 0.588. The molecular formula is C17H29N3S. The average Bonchev–Trinajstić information content (AvgIpc) is 2.42. The first-order chi connectivity index (χ1) is 9.99. The van der Waals surface area contributed by atoms with Crippen LogP contribution in [-0.4, -0.2) is 54.7 Å². The van der Waals surface area contributed by atoms with Crippen LogP contribution < -0.4 is 5.32 Å². The van der Waals surface area contributed by atoms with Gasteiger partial charge in [0.25, 0.3) is 0 Å². The number of hydrogen-bond donors (Lipinski definition) is 1. The summed E-state index contributed by atoms with van der Waals surface area (Å²) in [4.78, 5) is 4.49. The Morgan fingerprint density at radius 3 is 2.33 bits per heavy atom. The molecule has 1 N–H and O–H groups in total. The van der Waals surface area contributed by atoms with E-state index in [-0.39, 0.29) is 0 Å². The second kappa shape index (κ2) is 9.74. The van der Waals surface area contributed by atoms with Crippen LogP contribution in [0.2, 0.25) is 0 Å². The second-order valence-corrected chi connectivity index (χ2v) is 6.37. The quantitative estimate of drug-likeness (QED) is 0.744. The van der Waals surface area contributed by atoms with E-state index in [1.54, 1.807) is 0 Å². The van der Waals surface area contributed by atoms with Crippen LogP contribution in [0.4, 0.5) is 0 Å². The lowest BCUT2D eigenvalue weighted by atomic mass is 10.1. The van der Waals surface area contributed by atoms with Gasteiger partial charge >= 0.3 is 0 Å². The van der Waals surface area contributed by atoms with E-state index in [0.29, 0.717) is 6.04 Å². The van der Waals surface area contributed by atoms with Gasteiger partial charge in [-0.1, -0.05) is 30.3 Å². The topological polar surface area (TPSA) is 18.5 Å². The maximum Gasteiger partial charge on any atom is 0.169 e. The highest BCUT2D eigenvalue weighted by Crippen LogP contribution is 2.04. The van der Waals surface area contributed by atoms with Crippen LogP contribution in [0.1, 0.15) is 25.8 Å². The van der Waals surface area contributed by atoms with Gasteiger partial charge < -0.3 is 15.1 Å². The van der Waals surface area contributed by atoms with E-state index < -0.39 is 0 Å². The van der Waals surface area contributed by atoms with Crippen molar-refractivity contribution in [2.45, 2.75) is 32.7 Å². The fourth-order valence-electron chi connectivity index (χ4n) is 2.09. The molecule has 118 valence electrons. The highest BCUT2D eigenvalue weighted by Gasteiger charge is 2.10. The van der Waals surface area contributed by atoms with Gasteiger partial charge in [-0.25, -0.2) is 0 Å². The third-order valence-corrected chi connectivity index (χ3v) is 3.63. The molecule has 0 aromatic heterocycles. The molecule has 0 bridgehead atoms. The smallest absolute Gasteiger partial charge is 0.169 e. The highest BCUT2D eigenvalue weighted by atomic mass is 32.1. The van der Waals surface area contributed by atoms with E-state index in [1.165, 1.54) is 5.56 Å². The molecule has 0 aliphatic heterocycles. The average molecular weight is 308 g/mol. The van der Waals surface area contributed by atoms with Gasteiger partial charge in [0.2, 0.25) is 0 Å². The first-order valence-electron chi connectivity index (χ1n) is 7.73. The van der Waals surface area contributed by atoms with Crippen LogP contribution in [0, 0.1) is 0 Å². The molecule has 0 unspecified atom stereocenters. The van der Waals surface area contributed by atoms with E-state index in [9.17, 15) is 0 Å². The Morgan fingerprint density at radius 1 is 1.10 bits per heavy atom. The summed E-state index contributed by atoms with van der Waals surface area (Å²) in [6.45, 7) is 7.24. The van der Waals surface area contributed by atoms with Gasteiger partial charge in [-0.3, -0.25) is 0 Å². The zero-order valence-electron chi connectivity index (χ0n) is 13.8. The molecule has 0 fully saturated rings. The summed E-state index contributed by atoms with van der Waals surface area (Å²) in [6, 6.07) is 11.0. The van der Waals surface area contributed by atoms with Gasteiger partial charge in [0, 0.05) is 25.7 Å². The zero-order chi connectivity index (χ0) is 15.7. The highest BCUT2D eigenvalue weighted by molar-refractivity contribution is 7.80. The third-order valence-electron chi connectivity index (χ3n) is 3.25. The number of nitrogens with zero attached hydrogens (tertiary/aromatic N) is 2. The van der Waals surface area contributed by atoms with Gasteiger partial charge in [-0.2, -0.15) is 0 Å². The molecule has 4 heteroatoms. The van der Waals surface area contributed by atoms with Crippen LogP contribution in [0.25, 0.3) is 0 Å². The summed E-state index contributed by atoms with van der Waals surface area (Å²) in [5.41, 5.74) is 1.40. The molecule has 0 heterocycles. The maximum absolute atomic E-state index is 5.53. The van der Waals surface area contributed by atoms with Crippen molar-refractivity contribution in [1.82, 2.24) is 15.1 Å². The molecular weight excluding hydrogens is 278 g/mol. The largest absolute Gasteiger partial charge is 0.360 e. The Labute approximate surface area is 135 Å². The molecule has 0 aliphatic carbocycles. The summed E-state index contributed by atoms with van der Waals surface area (Å²) in [5.74, 6) is 0. The van der Waals surface area contributed by atoms with E-state index in [0.717, 1.165) is 37.6 Å². The Balaban J connectivity index is 2.45. The summed E-state index contributed by atoms with van der Waals surface area (Å²) in [7, 11) is 4.20. The minimum atomic E-state index is 0.383. The van der Waals surface area contributed by atoms with Crippen LogP contribution in [-0.2, 0) is 6.42 Å². The fourth-order valence-corrected chi connectivity index (χ4v) is 2.51. The number of aryl methyl sites for hydroxylation is 1. The number of nitrogens with one attached hydrogen (secondary N) is 1. The van der Waals surface area contributed by atoms with Gasteiger partial charge in [0.15, 0.2) is 5.11 Å². The van der Waals surface area contributed by atoms with Crippen molar-refractivity contribution >= 4 is 17.3 Å². The van der Waals surface area contributed by atoms with Crippen LogP contribution in [0.15, 0.2) is 30.3 Å². The lowest BCUT2D eigenvalue weighted by molar-refractivity contribution is 0.322. The summed E-state index contributed by atoms with van der Waals surface area (Å²) in [5, 5.41) is 4.23. The van der Waals surface area contributed by atoms with Crippen molar-refractivity contribution in [2.75, 3.05) is 33.7 Å². The Bertz CT molecular complexity index is 404. The molecule has 0 saturated carbocycles. The molecule has 0 spiro atoms. The first-order valence-corrected chi connectivity index (χ1v) is 8.14. The van der Waals surface area contributed by atoms with Gasteiger partial charge in [-0.15, -0.1) is 0 Å². The maximum atomic E-state index is 5.53. The Kier molecular flexibility index (Phi) is 8.31. The summed E-state index contributed by atoms with van der Waals surface area (Å²) < 4.78 is 0. The molecule has 1 aromatic carbocycles. The SMILES string of the molecule is CC(C)NC(=S)N(CCCc1ccccc1)CCN(C)C. The van der Waals surface area contributed by atoms with Crippen molar-refractivity contribution in [3.05, 3.63) is 35.9 Å². The van der Waals surface area contributed by atoms with E-state index in [2.05, 4.69) is 73.4 Å². The molecule has 1 aromatic rings. The monoisotopic (exact) mass is 307 g/mol. The second-order valence-electron chi connectivity index (χ2n) is 5.98. The van der Waals surface area contributed by atoms with E-state index in [1.807, 2.05) is 0 Å². The van der Waals surface area contributed by atoms with Crippen LogP contribution in [0.5, 0.6) is 0 Å². The molecule has 0 amide bonds. The Hall–Kier alpha value is -1.13. The number of benzene rings is 1. The van der Waals surface area contributed by atoms with Crippen LogP contribution in [0.3, 0.4) is 0 Å². The number of hydrogen-bond acceptors (Lipinski definition) is 2. The summed E-state index contributed by atoms with van der Waals surface area (Å²) >= 11 is 5.53. The molecule has 21 heavy (non-hydrogen) atoms. The predicted molar refractivity (Wildman–Crippen MR) is 95.8 cm³/mol. The van der Waals surface area contributed by atoms with Crippen molar-refractivity contribution in [2.24, 2.45) is 0 Å². The molecule has 0 radical (unpaired) electrons. The first kappa shape index (κ1) is 17.9. The van der Waals surface area contributed by atoms with Crippen molar-refractivity contribution in [3.63, 3.8) is 0 Å². The van der Waals surface area contributed by atoms with E-state index >= 15 is 0 Å². The van der Waals surface area contributed by atoms with Crippen molar-refractivity contribution in [1.29, 1.82) is 0 Å². The van der Waals surface area contributed by atoms with Gasteiger partial charge in [0.05, 0.1) is 0 Å². The summed E-state index contributed by atoms with van der Waals surface area (Å²) in [6.07, 6.45) is 2.22. The van der Waals surface area contributed by atoms with Crippen LogP contribution >= 0.6 is 12.2 Å². The van der Waals surface area contributed by atoms with Crippen molar-refractivity contribution < 1.29 is 0 Å². The van der Waals surface area contributed by atoms with Crippen molar-refractivity contribution in [3.8, 4) is 0 Å². The Morgan fingerprint density at radius 2 is 1.76 bits per heavy atom.